The number of carbonyl (C=O) groups excluding carboxylic acids is 2. The fourth-order valence-electron chi connectivity index (χ4n) is 4.46. The molecule has 0 spiro atoms. The van der Waals surface area contributed by atoms with Gasteiger partial charge in [0.1, 0.15) is 11.6 Å². The first-order valence-corrected chi connectivity index (χ1v) is 13.3. The van der Waals surface area contributed by atoms with Gasteiger partial charge in [0.2, 0.25) is 0 Å². The Morgan fingerprint density at radius 1 is 1.12 bits per heavy atom. The molecule has 2 aromatic carbocycles. The molecule has 2 heterocycles. The van der Waals surface area contributed by atoms with Crippen molar-refractivity contribution in [1.29, 1.82) is 0 Å². The molecule has 40 heavy (non-hydrogen) atoms. The maximum Gasteiger partial charge on any atom is 0.255 e. The number of halogens is 1. The summed E-state index contributed by atoms with van der Waals surface area (Å²) in [5, 5.41) is 13.4. The Bertz CT molecular complexity index is 1310. The first-order valence-electron chi connectivity index (χ1n) is 13.3. The summed E-state index contributed by atoms with van der Waals surface area (Å²) in [6, 6.07) is 15.6. The lowest BCUT2D eigenvalue weighted by Crippen LogP contribution is -2.50. The molecular weight excluding hydrogens is 513 g/mol. The highest BCUT2D eigenvalue weighted by Crippen LogP contribution is 2.32. The van der Waals surface area contributed by atoms with Crippen molar-refractivity contribution in [1.82, 2.24) is 15.2 Å². The number of pyridine rings is 1. The van der Waals surface area contributed by atoms with E-state index in [0.717, 1.165) is 34.4 Å². The van der Waals surface area contributed by atoms with Crippen molar-refractivity contribution >= 4 is 11.8 Å². The number of aliphatic hydroxyl groups is 1. The molecule has 1 aromatic heterocycles. The standard InChI is InChI=1S/C31H36FN3O5/c1-31(2,3)13-15-40-26-16-23(32)11-12-24(26)21-9-7-20(8-10-21)17-34-29(37)28(39-4)27(36)30(38)35-18-22-6-5-14-33-25(22)19-35/h5-12,14,16,27-28,36H,13,15,17-19H2,1-4H3,(H,34,37)/t27-,28-/m1/s1. The fraction of sp³-hybridized carbons (Fsp3) is 0.387. The zero-order valence-electron chi connectivity index (χ0n) is 23.3. The Balaban J connectivity index is 1.35. The third-order valence-electron chi connectivity index (χ3n) is 6.84. The van der Waals surface area contributed by atoms with Crippen LogP contribution in [0.25, 0.3) is 11.1 Å². The second kappa shape index (κ2) is 12.6. The topological polar surface area (TPSA) is 101 Å². The van der Waals surface area contributed by atoms with Crippen LogP contribution < -0.4 is 10.1 Å². The molecule has 0 saturated heterocycles. The third-order valence-corrected chi connectivity index (χ3v) is 6.84. The second-order valence-electron chi connectivity index (χ2n) is 11.1. The number of carbonyl (C=O) groups is 2. The first kappa shape index (κ1) is 29.2. The van der Waals surface area contributed by atoms with Crippen LogP contribution in [0.5, 0.6) is 5.75 Å². The minimum absolute atomic E-state index is 0.0994. The normalized spacial score (nSPS) is 14.4. The average Bonchev–Trinajstić information content (AvgIpc) is 3.36. The Hall–Kier alpha value is -3.82. The van der Waals surface area contributed by atoms with Gasteiger partial charge in [-0.25, -0.2) is 4.39 Å². The van der Waals surface area contributed by atoms with Crippen molar-refractivity contribution in [3.8, 4) is 16.9 Å². The van der Waals surface area contributed by atoms with Gasteiger partial charge >= 0.3 is 0 Å². The molecule has 8 nitrogen and oxygen atoms in total. The van der Waals surface area contributed by atoms with Gasteiger partial charge in [-0.3, -0.25) is 14.6 Å². The Morgan fingerprint density at radius 2 is 1.88 bits per heavy atom. The quantitative estimate of drug-likeness (QED) is 0.393. The maximum atomic E-state index is 13.9. The molecule has 0 fully saturated rings. The lowest BCUT2D eigenvalue weighted by atomic mass is 9.93. The van der Waals surface area contributed by atoms with Crippen LogP contribution in [0, 0.1) is 11.2 Å². The molecule has 0 unspecified atom stereocenters. The van der Waals surface area contributed by atoms with Gasteiger partial charge in [-0.2, -0.15) is 0 Å². The molecule has 4 rings (SSSR count). The summed E-state index contributed by atoms with van der Waals surface area (Å²) in [5.74, 6) is -1.09. The number of methoxy groups -OCH3 is 1. The average molecular weight is 550 g/mol. The van der Waals surface area contributed by atoms with Gasteiger partial charge in [-0.1, -0.05) is 51.1 Å². The van der Waals surface area contributed by atoms with E-state index in [1.54, 1.807) is 18.3 Å². The molecule has 2 atom stereocenters. The number of ether oxygens (including phenoxy) is 2. The predicted molar refractivity (Wildman–Crippen MR) is 149 cm³/mol. The highest BCUT2D eigenvalue weighted by Gasteiger charge is 2.37. The summed E-state index contributed by atoms with van der Waals surface area (Å²) in [6.07, 6.45) is -0.540. The molecule has 1 aliphatic rings. The van der Waals surface area contributed by atoms with Crippen LogP contribution in [-0.4, -0.2) is 52.7 Å². The number of aromatic nitrogens is 1. The van der Waals surface area contributed by atoms with Gasteiger partial charge in [-0.05, 0) is 46.7 Å². The van der Waals surface area contributed by atoms with E-state index in [2.05, 4.69) is 31.1 Å². The summed E-state index contributed by atoms with van der Waals surface area (Å²) >= 11 is 0. The van der Waals surface area contributed by atoms with Crippen LogP contribution in [0.2, 0.25) is 0 Å². The number of nitrogens with one attached hydrogen (secondary N) is 1. The van der Waals surface area contributed by atoms with Crippen molar-refractivity contribution in [3.63, 3.8) is 0 Å². The molecular formula is C31H36FN3O5. The Kier molecular flexibility index (Phi) is 9.17. The number of hydrogen-bond donors (Lipinski definition) is 2. The number of hydrogen-bond acceptors (Lipinski definition) is 6. The van der Waals surface area contributed by atoms with E-state index in [0.29, 0.717) is 18.9 Å². The minimum atomic E-state index is -1.66. The van der Waals surface area contributed by atoms with E-state index in [4.69, 9.17) is 9.47 Å². The summed E-state index contributed by atoms with van der Waals surface area (Å²) in [4.78, 5) is 31.4. The highest BCUT2D eigenvalue weighted by atomic mass is 19.1. The van der Waals surface area contributed by atoms with Crippen LogP contribution in [0.15, 0.2) is 60.8 Å². The number of aliphatic hydroxyl groups excluding tert-OH is 1. The van der Waals surface area contributed by atoms with Crippen molar-refractivity contribution in [2.45, 2.75) is 59.0 Å². The van der Waals surface area contributed by atoms with Gasteiger partial charge in [0.05, 0.1) is 18.8 Å². The molecule has 0 saturated carbocycles. The van der Waals surface area contributed by atoms with Crippen molar-refractivity contribution < 1.29 is 28.6 Å². The van der Waals surface area contributed by atoms with Crippen molar-refractivity contribution in [2.24, 2.45) is 5.41 Å². The van der Waals surface area contributed by atoms with Crippen LogP contribution in [0.4, 0.5) is 4.39 Å². The summed E-state index contributed by atoms with van der Waals surface area (Å²) in [7, 11) is 1.28. The minimum Gasteiger partial charge on any atom is -0.493 e. The molecule has 0 radical (unpaired) electrons. The van der Waals surface area contributed by atoms with E-state index >= 15 is 0 Å². The Morgan fingerprint density at radius 3 is 2.55 bits per heavy atom. The summed E-state index contributed by atoms with van der Waals surface area (Å²) in [6.45, 7) is 7.60. The molecule has 3 aromatic rings. The monoisotopic (exact) mass is 549 g/mol. The highest BCUT2D eigenvalue weighted by molar-refractivity contribution is 5.91. The van der Waals surface area contributed by atoms with Crippen LogP contribution in [0.3, 0.4) is 0 Å². The van der Waals surface area contributed by atoms with Gasteiger partial charge in [0.15, 0.2) is 12.2 Å². The van der Waals surface area contributed by atoms with Gasteiger partial charge in [0.25, 0.3) is 11.8 Å². The third kappa shape index (κ3) is 7.22. The molecule has 0 aliphatic carbocycles. The molecule has 9 heteroatoms. The summed E-state index contributed by atoms with van der Waals surface area (Å²) in [5.41, 5.74) is 4.20. The number of benzene rings is 2. The molecule has 0 bridgehead atoms. The van der Waals surface area contributed by atoms with E-state index < -0.39 is 24.0 Å². The van der Waals surface area contributed by atoms with Crippen molar-refractivity contribution in [3.05, 3.63) is 83.4 Å². The van der Waals surface area contributed by atoms with Crippen LogP contribution >= 0.6 is 0 Å². The van der Waals surface area contributed by atoms with Gasteiger partial charge in [-0.15, -0.1) is 0 Å². The maximum absolute atomic E-state index is 13.9. The predicted octanol–water partition coefficient (Wildman–Crippen LogP) is 4.24. The second-order valence-corrected chi connectivity index (χ2v) is 11.1. The van der Waals surface area contributed by atoms with E-state index in [-0.39, 0.29) is 24.3 Å². The molecule has 2 amide bonds. The molecule has 2 N–H and O–H groups in total. The number of nitrogens with zero attached hydrogens (tertiary/aromatic N) is 2. The van der Waals surface area contributed by atoms with Gasteiger partial charge in [0, 0.05) is 38.0 Å². The van der Waals surface area contributed by atoms with Crippen LogP contribution in [-0.2, 0) is 34.0 Å². The fourth-order valence-corrected chi connectivity index (χ4v) is 4.46. The number of amides is 2. The molecule has 1 aliphatic heterocycles. The van der Waals surface area contributed by atoms with Crippen molar-refractivity contribution in [2.75, 3.05) is 13.7 Å². The SMILES string of the molecule is CO[C@@H](C(=O)NCc1ccc(-c2ccc(F)cc2OCCC(C)(C)C)cc1)[C@@H](O)C(=O)N1Cc2cccnc2C1. The molecule has 212 valence electrons. The van der Waals surface area contributed by atoms with E-state index in [9.17, 15) is 19.1 Å². The van der Waals surface area contributed by atoms with Gasteiger partial charge < -0.3 is 24.8 Å². The largest absolute Gasteiger partial charge is 0.493 e. The number of rotatable bonds is 10. The lowest BCUT2D eigenvalue weighted by molar-refractivity contribution is -0.155. The van der Waals surface area contributed by atoms with Crippen LogP contribution in [0.1, 0.15) is 44.0 Å². The number of fused-ring (bicyclic) bond motifs is 1. The zero-order chi connectivity index (χ0) is 28.9. The van der Waals surface area contributed by atoms with E-state index in [1.807, 2.05) is 30.3 Å². The Labute approximate surface area is 234 Å². The summed E-state index contributed by atoms with van der Waals surface area (Å²) < 4.78 is 25.1. The lowest BCUT2D eigenvalue weighted by Gasteiger charge is -2.24. The smallest absolute Gasteiger partial charge is 0.255 e. The van der Waals surface area contributed by atoms with E-state index in [1.165, 1.54) is 24.1 Å². The first-order chi connectivity index (χ1) is 19.1. The zero-order valence-corrected chi connectivity index (χ0v) is 23.3.